The summed E-state index contributed by atoms with van der Waals surface area (Å²) in [4.78, 5) is 24.5. The molecule has 3 fully saturated rings. The molecule has 1 saturated heterocycles. The van der Waals surface area contributed by atoms with E-state index < -0.39 is 0 Å². The number of hydrogen-bond donors (Lipinski definition) is 2. The predicted molar refractivity (Wildman–Crippen MR) is 147 cm³/mol. The molecule has 2 saturated carbocycles. The van der Waals surface area contributed by atoms with Crippen LogP contribution in [0.25, 0.3) is 0 Å². The highest BCUT2D eigenvalue weighted by atomic mass is 19.1. The summed E-state index contributed by atoms with van der Waals surface area (Å²) in [6.45, 7) is 3.47. The highest BCUT2D eigenvalue weighted by Gasteiger charge is 2.44. The van der Waals surface area contributed by atoms with Crippen molar-refractivity contribution < 1.29 is 13.9 Å². The molecule has 1 aromatic carbocycles. The van der Waals surface area contributed by atoms with Crippen LogP contribution >= 0.6 is 0 Å². The summed E-state index contributed by atoms with van der Waals surface area (Å²) < 4.78 is 19.4. The summed E-state index contributed by atoms with van der Waals surface area (Å²) in [5, 5.41) is 15.9. The van der Waals surface area contributed by atoms with E-state index in [1.54, 1.807) is 12.1 Å². The highest BCUT2D eigenvalue weighted by molar-refractivity contribution is 6.01. The lowest BCUT2D eigenvalue weighted by molar-refractivity contribution is 0.0945. The van der Waals surface area contributed by atoms with E-state index in [1.165, 1.54) is 37.8 Å². The van der Waals surface area contributed by atoms with Crippen molar-refractivity contribution in [3.8, 4) is 11.9 Å². The number of amides is 1. The van der Waals surface area contributed by atoms with Gasteiger partial charge in [0, 0.05) is 13.1 Å². The molecular weight excluding hydrogens is 495 g/mol. The second-order valence-corrected chi connectivity index (χ2v) is 11.7. The molecule has 2 heterocycles. The number of ether oxygens (including phenoxy) is 1. The van der Waals surface area contributed by atoms with Crippen LogP contribution in [0.5, 0.6) is 5.88 Å². The Hall–Kier alpha value is -3.25. The summed E-state index contributed by atoms with van der Waals surface area (Å²) in [5.41, 5.74) is 1.60. The fourth-order valence-corrected chi connectivity index (χ4v) is 5.89. The molecule has 1 spiro atoms. The zero-order chi connectivity index (χ0) is 27.2. The average molecular weight is 535 g/mol. The van der Waals surface area contributed by atoms with Gasteiger partial charge in [0.15, 0.2) is 0 Å². The zero-order valence-corrected chi connectivity index (χ0v) is 22.8. The maximum atomic E-state index is 13.5. The predicted octanol–water partition coefficient (Wildman–Crippen LogP) is 4.91. The fraction of sp³-hybridized carbons (Fsp3) is 0.600. The number of aromatic nitrogens is 2. The summed E-state index contributed by atoms with van der Waals surface area (Å²) in [6.07, 6.45) is 10.7. The number of benzene rings is 1. The van der Waals surface area contributed by atoms with Crippen molar-refractivity contribution in [2.75, 3.05) is 38.6 Å². The van der Waals surface area contributed by atoms with Gasteiger partial charge in [0.05, 0.1) is 6.61 Å². The first-order valence-electron chi connectivity index (χ1n) is 14.3. The van der Waals surface area contributed by atoms with Crippen molar-refractivity contribution in [1.29, 1.82) is 5.26 Å². The second-order valence-electron chi connectivity index (χ2n) is 11.7. The van der Waals surface area contributed by atoms with Crippen LogP contribution < -0.4 is 15.4 Å². The molecule has 9 heteroatoms. The van der Waals surface area contributed by atoms with Gasteiger partial charge in [0.2, 0.25) is 11.7 Å². The molecule has 0 atom stereocenters. The normalized spacial score (nSPS) is 19.4. The zero-order valence-electron chi connectivity index (χ0n) is 22.8. The number of carbonyl (C=O) groups excluding carboxylic acids is 1. The SMILES string of the molecule is CN1CCC(CCOc2nc(C#N)nc(NCC3CCC4(CC3)CC4)c2C(=O)NCc2ccc(F)cc2)CC1. The molecule has 2 aliphatic carbocycles. The monoisotopic (exact) mass is 534 g/mol. The molecule has 0 bridgehead atoms. The number of nitrogens with one attached hydrogen (secondary N) is 2. The molecule has 3 aliphatic rings. The van der Waals surface area contributed by atoms with Gasteiger partial charge in [-0.3, -0.25) is 4.79 Å². The van der Waals surface area contributed by atoms with Crippen LogP contribution in [-0.2, 0) is 6.54 Å². The minimum atomic E-state index is -0.388. The van der Waals surface area contributed by atoms with Crippen molar-refractivity contribution >= 4 is 11.7 Å². The first-order chi connectivity index (χ1) is 18.9. The van der Waals surface area contributed by atoms with E-state index >= 15 is 0 Å². The summed E-state index contributed by atoms with van der Waals surface area (Å²) >= 11 is 0. The van der Waals surface area contributed by atoms with Gasteiger partial charge in [0.1, 0.15) is 23.3 Å². The van der Waals surface area contributed by atoms with Crippen LogP contribution in [0.3, 0.4) is 0 Å². The van der Waals surface area contributed by atoms with E-state index in [1.807, 2.05) is 6.07 Å². The number of anilines is 1. The van der Waals surface area contributed by atoms with Crippen LogP contribution in [-0.4, -0.2) is 54.1 Å². The smallest absolute Gasteiger partial charge is 0.260 e. The Morgan fingerprint density at radius 1 is 1.10 bits per heavy atom. The number of nitriles is 1. The van der Waals surface area contributed by atoms with Crippen LogP contribution in [0.2, 0.25) is 0 Å². The number of hydrogen-bond acceptors (Lipinski definition) is 7. The molecule has 1 aliphatic heterocycles. The minimum Gasteiger partial charge on any atom is -0.477 e. The molecule has 8 nitrogen and oxygen atoms in total. The van der Waals surface area contributed by atoms with E-state index in [9.17, 15) is 14.4 Å². The lowest BCUT2D eigenvalue weighted by Gasteiger charge is -2.29. The number of carbonyl (C=O) groups is 1. The van der Waals surface area contributed by atoms with Crippen molar-refractivity contribution in [1.82, 2.24) is 20.2 Å². The van der Waals surface area contributed by atoms with Gasteiger partial charge in [0.25, 0.3) is 5.91 Å². The summed E-state index contributed by atoms with van der Waals surface area (Å²) in [6, 6.07) is 8.03. The molecule has 2 aromatic rings. The van der Waals surface area contributed by atoms with Gasteiger partial charge in [-0.05, 0) is 113 Å². The van der Waals surface area contributed by atoms with E-state index in [0.717, 1.165) is 50.8 Å². The Bertz CT molecular complexity index is 1180. The maximum absolute atomic E-state index is 13.5. The number of halogens is 1. The van der Waals surface area contributed by atoms with Crippen LogP contribution in [0.1, 0.15) is 79.5 Å². The average Bonchev–Trinajstić information content (AvgIpc) is 3.71. The quantitative estimate of drug-likeness (QED) is 0.446. The standard InChI is InChI=1S/C30H39FN6O2/c1-37-15-8-21(9-16-37)10-17-39-29-26(28(38)34-20-22-2-4-24(31)5-3-22)27(35-25(18-32)36-29)33-19-23-6-11-30(12-7-23)13-14-30/h2-5,21,23H,6-17,19-20H2,1H3,(H,34,38)(H,33,35,36). The van der Waals surface area contributed by atoms with Crippen molar-refractivity contribution in [3.63, 3.8) is 0 Å². The molecule has 208 valence electrons. The van der Waals surface area contributed by atoms with E-state index in [-0.39, 0.29) is 35.5 Å². The second kappa shape index (κ2) is 12.3. The lowest BCUT2D eigenvalue weighted by atomic mass is 9.80. The van der Waals surface area contributed by atoms with Gasteiger partial charge >= 0.3 is 0 Å². The highest BCUT2D eigenvalue weighted by Crippen LogP contribution is 2.57. The van der Waals surface area contributed by atoms with Crippen LogP contribution in [0.15, 0.2) is 24.3 Å². The third kappa shape index (κ3) is 7.24. The topological polar surface area (TPSA) is 103 Å². The number of likely N-dealkylation sites (tertiary alicyclic amines) is 1. The fourth-order valence-electron chi connectivity index (χ4n) is 5.89. The van der Waals surface area contributed by atoms with E-state index in [2.05, 4.69) is 32.5 Å². The van der Waals surface area contributed by atoms with E-state index in [4.69, 9.17) is 4.74 Å². The summed E-state index contributed by atoms with van der Waals surface area (Å²) in [7, 11) is 2.14. The first-order valence-corrected chi connectivity index (χ1v) is 14.3. The maximum Gasteiger partial charge on any atom is 0.260 e. The Morgan fingerprint density at radius 3 is 2.49 bits per heavy atom. The number of rotatable bonds is 10. The third-order valence-corrected chi connectivity index (χ3v) is 8.85. The molecule has 1 amide bonds. The minimum absolute atomic E-state index is 0.0255. The van der Waals surface area contributed by atoms with Gasteiger partial charge in [-0.15, -0.1) is 0 Å². The van der Waals surface area contributed by atoms with Crippen LogP contribution in [0.4, 0.5) is 10.2 Å². The van der Waals surface area contributed by atoms with Gasteiger partial charge < -0.3 is 20.3 Å². The molecule has 0 unspecified atom stereocenters. The Kier molecular flexibility index (Phi) is 8.61. The lowest BCUT2D eigenvalue weighted by Crippen LogP contribution is -2.31. The molecular formula is C30H39FN6O2. The molecule has 1 aromatic heterocycles. The Labute approximate surface area is 230 Å². The third-order valence-electron chi connectivity index (χ3n) is 8.85. The number of nitrogens with zero attached hydrogens (tertiary/aromatic N) is 4. The Morgan fingerprint density at radius 2 is 1.82 bits per heavy atom. The Balaban J connectivity index is 1.30. The van der Waals surface area contributed by atoms with E-state index in [0.29, 0.717) is 36.2 Å². The van der Waals surface area contributed by atoms with Crippen LogP contribution in [0, 0.1) is 34.4 Å². The number of piperidine rings is 1. The summed E-state index contributed by atoms with van der Waals surface area (Å²) in [5.74, 6) is 0.790. The van der Waals surface area contributed by atoms with Crippen molar-refractivity contribution in [2.45, 2.75) is 64.3 Å². The molecule has 5 rings (SSSR count). The molecule has 0 radical (unpaired) electrons. The molecule has 2 N–H and O–H groups in total. The largest absolute Gasteiger partial charge is 0.477 e. The van der Waals surface area contributed by atoms with Gasteiger partial charge in [-0.2, -0.15) is 10.2 Å². The van der Waals surface area contributed by atoms with Gasteiger partial charge in [-0.1, -0.05) is 12.1 Å². The van der Waals surface area contributed by atoms with Crippen molar-refractivity contribution in [2.24, 2.45) is 17.3 Å². The van der Waals surface area contributed by atoms with Crippen molar-refractivity contribution in [3.05, 3.63) is 47.0 Å². The molecule has 39 heavy (non-hydrogen) atoms. The van der Waals surface area contributed by atoms with Gasteiger partial charge in [-0.25, -0.2) is 9.37 Å². The first kappa shape index (κ1) is 27.3.